The Balaban J connectivity index is 2.76. The Labute approximate surface area is 68.7 Å². The molecule has 0 unspecified atom stereocenters. The van der Waals surface area contributed by atoms with Crippen molar-refractivity contribution < 1.29 is 0 Å². The third kappa shape index (κ3) is 2.26. The van der Waals surface area contributed by atoms with Crippen LogP contribution in [0.15, 0.2) is 36.2 Å². The zero-order chi connectivity index (χ0) is 8.27. The fraction of sp³-hybridized carbons (Fsp3) is 0.400. The highest BCUT2D eigenvalue weighted by Crippen LogP contribution is 2.08. The highest BCUT2D eigenvalue weighted by Gasteiger charge is 2.00. The van der Waals surface area contributed by atoms with E-state index in [2.05, 4.69) is 56.3 Å². The van der Waals surface area contributed by atoms with Gasteiger partial charge in [-0.2, -0.15) is 0 Å². The van der Waals surface area contributed by atoms with Crippen LogP contribution in [0.25, 0.3) is 0 Å². The van der Waals surface area contributed by atoms with Crippen LogP contribution in [0.1, 0.15) is 20.8 Å². The molecule has 0 aliphatic carbocycles. The van der Waals surface area contributed by atoms with Gasteiger partial charge in [-0.05, 0) is 32.4 Å². The van der Waals surface area contributed by atoms with Crippen LogP contribution in [0.3, 0.4) is 0 Å². The zero-order valence-electron chi connectivity index (χ0n) is 7.41. The predicted molar refractivity (Wildman–Crippen MR) is 49.0 cm³/mol. The Bertz CT molecular complexity index is 209. The van der Waals surface area contributed by atoms with Gasteiger partial charge in [0, 0.05) is 18.4 Å². The fourth-order valence-corrected chi connectivity index (χ4v) is 0.999. The van der Waals surface area contributed by atoms with Gasteiger partial charge in [0.15, 0.2) is 0 Å². The van der Waals surface area contributed by atoms with E-state index in [0.29, 0.717) is 6.04 Å². The molecule has 1 heteroatoms. The molecule has 11 heavy (non-hydrogen) atoms. The second-order valence-electron chi connectivity index (χ2n) is 3.11. The van der Waals surface area contributed by atoms with Gasteiger partial charge in [0.1, 0.15) is 0 Å². The second-order valence-corrected chi connectivity index (χ2v) is 3.11. The molecule has 0 amide bonds. The number of nitrogens with zero attached hydrogens (tertiary/aromatic N) is 1. The maximum atomic E-state index is 2.20. The molecule has 0 atom stereocenters. The van der Waals surface area contributed by atoms with Crippen molar-refractivity contribution in [1.29, 1.82) is 0 Å². The monoisotopic (exact) mass is 149 g/mol. The molecule has 1 nitrogen and oxygen atoms in total. The van der Waals surface area contributed by atoms with E-state index in [1.54, 1.807) is 0 Å². The van der Waals surface area contributed by atoms with Gasteiger partial charge in [0.2, 0.25) is 0 Å². The number of rotatable bonds is 1. The summed E-state index contributed by atoms with van der Waals surface area (Å²) in [5.74, 6) is 0. The van der Waals surface area contributed by atoms with Crippen molar-refractivity contribution in [2.75, 3.05) is 0 Å². The first kappa shape index (κ1) is 8.12. The van der Waals surface area contributed by atoms with E-state index in [0.717, 1.165) is 0 Å². The zero-order valence-corrected chi connectivity index (χ0v) is 7.41. The lowest BCUT2D eigenvalue weighted by Gasteiger charge is -2.19. The first-order chi connectivity index (χ1) is 5.20. The number of hydrogen-bond donors (Lipinski definition) is 0. The molecule has 0 spiro atoms. The van der Waals surface area contributed by atoms with E-state index >= 15 is 0 Å². The first-order valence-electron chi connectivity index (χ1n) is 4.01. The SMILES string of the molecule is CC1=CN(C(C)C)C=CC=C1. The highest BCUT2D eigenvalue weighted by molar-refractivity contribution is 5.23. The molecule has 1 aliphatic heterocycles. The smallest absolute Gasteiger partial charge is 0.0274 e. The third-order valence-corrected chi connectivity index (χ3v) is 1.68. The van der Waals surface area contributed by atoms with Crippen LogP contribution in [0.4, 0.5) is 0 Å². The van der Waals surface area contributed by atoms with Crippen LogP contribution in [0.5, 0.6) is 0 Å². The Morgan fingerprint density at radius 3 is 2.64 bits per heavy atom. The molecular formula is C10H15N. The molecule has 1 heterocycles. The lowest BCUT2D eigenvalue weighted by atomic mass is 10.3. The highest BCUT2D eigenvalue weighted by atomic mass is 15.1. The van der Waals surface area contributed by atoms with Gasteiger partial charge < -0.3 is 4.90 Å². The van der Waals surface area contributed by atoms with Crippen molar-refractivity contribution in [3.63, 3.8) is 0 Å². The first-order valence-corrected chi connectivity index (χ1v) is 4.01. The van der Waals surface area contributed by atoms with Gasteiger partial charge in [-0.1, -0.05) is 12.2 Å². The van der Waals surface area contributed by atoms with Crippen molar-refractivity contribution in [3.05, 3.63) is 36.2 Å². The topological polar surface area (TPSA) is 3.24 Å². The summed E-state index contributed by atoms with van der Waals surface area (Å²) >= 11 is 0. The van der Waals surface area contributed by atoms with Gasteiger partial charge in [0.25, 0.3) is 0 Å². The minimum atomic E-state index is 0.543. The lowest BCUT2D eigenvalue weighted by molar-refractivity contribution is 0.415. The van der Waals surface area contributed by atoms with Crippen molar-refractivity contribution in [1.82, 2.24) is 4.90 Å². The van der Waals surface area contributed by atoms with Crippen LogP contribution in [-0.4, -0.2) is 10.9 Å². The van der Waals surface area contributed by atoms with Gasteiger partial charge in [-0.25, -0.2) is 0 Å². The Morgan fingerprint density at radius 2 is 2.00 bits per heavy atom. The molecule has 0 aromatic rings. The van der Waals surface area contributed by atoms with E-state index in [4.69, 9.17) is 0 Å². The molecule has 0 saturated carbocycles. The van der Waals surface area contributed by atoms with Crippen LogP contribution in [0.2, 0.25) is 0 Å². The molecule has 0 aromatic heterocycles. The summed E-state index contributed by atoms with van der Waals surface area (Å²) in [6.45, 7) is 6.47. The summed E-state index contributed by atoms with van der Waals surface area (Å²) in [5.41, 5.74) is 1.30. The minimum Gasteiger partial charge on any atom is -0.352 e. The fourth-order valence-electron chi connectivity index (χ4n) is 0.999. The molecule has 0 bridgehead atoms. The maximum absolute atomic E-state index is 2.20. The second kappa shape index (κ2) is 3.42. The molecule has 0 fully saturated rings. The summed E-state index contributed by atoms with van der Waals surface area (Å²) in [7, 11) is 0. The van der Waals surface area contributed by atoms with E-state index in [1.807, 2.05) is 0 Å². The van der Waals surface area contributed by atoms with Crippen LogP contribution >= 0.6 is 0 Å². The molecule has 0 N–H and O–H groups in total. The normalized spacial score (nSPS) is 17.1. The Morgan fingerprint density at radius 1 is 1.27 bits per heavy atom. The summed E-state index contributed by atoms with van der Waals surface area (Å²) < 4.78 is 0. The summed E-state index contributed by atoms with van der Waals surface area (Å²) in [6.07, 6.45) is 10.5. The van der Waals surface area contributed by atoms with Gasteiger partial charge in [-0.15, -0.1) is 0 Å². The quantitative estimate of drug-likeness (QED) is 0.554. The van der Waals surface area contributed by atoms with Crippen molar-refractivity contribution >= 4 is 0 Å². The van der Waals surface area contributed by atoms with Gasteiger partial charge in [0.05, 0.1) is 0 Å². The van der Waals surface area contributed by atoms with E-state index in [9.17, 15) is 0 Å². The van der Waals surface area contributed by atoms with E-state index < -0.39 is 0 Å². The average molecular weight is 149 g/mol. The van der Waals surface area contributed by atoms with Crippen LogP contribution < -0.4 is 0 Å². The van der Waals surface area contributed by atoms with E-state index in [-0.39, 0.29) is 0 Å². The molecule has 0 aromatic carbocycles. The predicted octanol–water partition coefficient (Wildman–Crippen LogP) is 2.68. The number of allylic oxidation sites excluding steroid dienone is 4. The van der Waals surface area contributed by atoms with E-state index in [1.165, 1.54) is 5.57 Å². The lowest BCUT2D eigenvalue weighted by Crippen LogP contribution is -2.18. The molecule has 1 aliphatic rings. The summed E-state index contributed by atoms with van der Waals surface area (Å²) in [4.78, 5) is 2.20. The van der Waals surface area contributed by atoms with Gasteiger partial charge in [-0.3, -0.25) is 0 Å². The van der Waals surface area contributed by atoms with Crippen LogP contribution in [0, 0.1) is 0 Å². The molecule has 60 valence electrons. The Kier molecular flexibility index (Phi) is 2.53. The Hall–Kier alpha value is -0.980. The average Bonchev–Trinajstić information content (AvgIpc) is 2.13. The van der Waals surface area contributed by atoms with Crippen molar-refractivity contribution in [3.8, 4) is 0 Å². The minimum absolute atomic E-state index is 0.543. The third-order valence-electron chi connectivity index (χ3n) is 1.68. The molecule has 1 rings (SSSR count). The molecular weight excluding hydrogens is 134 g/mol. The van der Waals surface area contributed by atoms with Crippen molar-refractivity contribution in [2.45, 2.75) is 26.8 Å². The maximum Gasteiger partial charge on any atom is 0.0274 e. The standard InChI is InChI=1S/C10H15N/c1-9(2)11-7-5-4-6-10(3)8-11/h4-9H,1-3H3. The summed E-state index contributed by atoms with van der Waals surface area (Å²) in [5, 5.41) is 0. The van der Waals surface area contributed by atoms with Gasteiger partial charge >= 0.3 is 0 Å². The summed E-state index contributed by atoms with van der Waals surface area (Å²) in [6, 6.07) is 0.543. The molecule has 0 saturated heterocycles. The number of hydrogen-bond acceptors (Lipinski definition) is 1. The van der Waals surface area contributed by atoms with Crippen molar-refractivity contribution in [2.24, 2.45) is 0 Å². The molecule has 0 radical (unpaired) electrons. The van der Waals surface area contributed by atoms with Crippen LogP contribution in [-0.2, 0) is 0 Å². The largest absolute Gasteiger partial charge is 0.352 e.